The zero-order chi connectivity index (χ0) is 15.1. The number of amidine groups is 1. The van der Waals surface area contributed by atoms with E-state index < -0.39 is 0 Å². The number of rotatable bonds is 7. The van der Waals surface area contributed by atoms with E-state index in [1.165, 1.54) is 0 Å². The molecule has 21 heavy (non-hydrogen) atoms. The summed E-state index contributed by atoms with van der Waals surface area (Å²) < 4.78 is 1.79. The van der Waals surface area contributed by atoms with Gasteiger partial charge in [0.05, 0.1) is 6.20 Å². The maximum absolute atomic E-state index is 8.62. The van der Waals surface area contributed by atoms with Gasteiger partial charge in [0.2, 0.25) is 0 Å². The van der Waals surface area contributed by atoms with E-state index in [0.29, 0.717) is 17.1 Å². The highest BCUT2D eigenvalue weighted by atomic mass is 35.5. The van der Waals surface area contributed by atoms with E-state index in [4.69, 9.17) is 22.5 Å². The summed E-state index contributed by atoms with van der Waals surface area (Å²) in [6.07, 6.45) is 4.45. The van der Waals surface area contributed by atoms with Gasteiger partial charge in [-0.1, -0.05) is 34.1 Å². The fraction of sp³-hybridized carbons (Fsp3) is 0.308. The summed E-state index contributed by atoms with van der Waals surface area (Å²) >= 11 is 6.17. The minimum Gasteiger partial charge on any atom is -0.409 e. The maximum Gasteiger partial charge on any atom is 0.170 e. The van der Waals surface area contributed by atoms with E-state index in [9.17, 15) is 0 Å². The van der Waals surface area contributed by atoms with Crippen LogP contribution < -0.4 is 11.1 Å². The lowest BCUT2D eigenvalue weighted by Crippen LogP contribution is -2.17. The first-order valence-corrected chi connectivity index (χ1v) is 6.89. The van der Waals surface area contributed by atoms with Gasteiger partial charge in [0, 0.05) is 29.9 Å². The summed E-state index contributed by atoms with van der Waals surface area (Å²) in [6.45, 7) is 2.33. The zero-order valence-electron chi connectivity index (χ0n) is 11.4. The molecule has 8 heteroatoms. The first kappa shape index (κ1) is 15.3. The fourth-order valence-corrected chi connectivity index (χ4v) is 2.10. The van der Waals surface area contributed by atoms with Crippen molar-refractivity contribution in [1.82, 2.24) is 20.3 Å². The zero-order valence-corrected chi connectivity index (χ0v) is 12.2. The minimum atomic E-state index is 0.0456. The molecule has 0 aliphatic rings. The third-order valence-electron chi connectivity index (χ3n) is 2.98. The normalized spacial score (nSPS) is 11.8. The molecule has 0 aliphatic heterocycles. The molecule has 0 aliphatic carbocycles. The van der Waals surface area contributed by atoms with Crippen LogP contribution >= 0.6 is 11.6 Å². The molecule has 0 spiro atoms. The molecule has 0 amide bonds. The molecular formula is C13H17ClN6O. The van der Waals surface area contributed by atoms with E-state index in [0.717, 1.165) is 25.1 Å². The van der Waals surface area contributed by atoms with Gasteiger partial charge >= 0.3 is 0 Å². The molecule has 0 bridgehead atoms. The number of nitrogens with two attached hydrogens (primary N) is 1. The van der Waals surface area contributed by atoms with Crippen molar-refractivity contribution in [3.8, 4) is 0 Å². The second kappa shape index (κ2) is 7.61. The van der Waals surface area contributed by atoms with Crippen molar-refractivity contribution in [1.29, 1.82) is 0 Å². The Hall–Kier alpha value is -2.12. The van der Waals surface area contributed by atoms with Crippen molar-refractivity contribution in [3.05, 3.63) is 46.7 Å². The first-order valence-electron chi connectivity index (χ1n) is 6.52. The Morgan fingerprint density at radius 1 is 1.48 bits per heavy atom. The maximum atomic E-state index is 8.62. The van der Waals surface area contributed by atoms with Gasteiger partial charge < -0.3 is 16.3 Å². The Bertz CT molecular complexity index is 599. The predicted octanol–water partition coefficient (Wildman–Crippen LogP) is 1.21. The van der Waals surface area contributed by atoms with Gasteiger partial charge in [-0.3, -0.25) is 4.68 Å². The largest absolute Gasteiger partial charge is 0.409 e. The van der Waals surface area contributed by atoms with Gasteiger partial charge in [-0.15, -0.1) is 5.10 Å². The molecule has 4 N–H and O–H groups in total. The number of aryl methyl sites for hydroxylation is 1. The van der Waals surface area contributed by atoms with Crippen LogP contribution in [-0.2, 0) is 13.1 Å². The molecule has 0 fully saturated rings. The third-order valence-corrected chi connectivity index (χ3v) is 3.34. The van der Waals surface area contributed by atoms with Crippen molar-refractivity contribution in [2.45, 2.75) is 19.5 Å². The summed E-state index contributed by atoms with van der Waals surface area (Å²) in [6, 6.07) is 5.32. The quantitative estimate of drug-likeness (QED) is 0.235. The van der Waals surface area contributed by atoms with E-state index in [1.807, 2.05) is 12.3 Å². The number of oxime groups is 1. The second-order valence-electron chi connectivity index (χ2n) is 4.49. The number of hydrogen-bond acceptors (Lipinski definition) is 5. The summed E-state index contributed by atoms with van der Waals surface area (Å²) in [4.78, 5) is 0. The smallest absolute Gasteiger partial charge is 0.170 e. The highest BCUT2D eigenvalue weighted by molar-refractivity contribution is 6.31. The fourth-order valence-electron chi connectivity index (χ4n) is 1.85. The molecule has 2 aromatic rings. The number of nitrogens with zero attached hydrogens (tertiary/aromatic N) is 4. The average Bonchev–Trinajstić information content (AvgIpc) is 3.00. The molecule has 7 nitrogen and oxygen atoms in total. The predicted molar refractivity (Wildman–Crippen MR) is 80.3 cm³/mol. The number of benzene rings is 1. The van der Waals surface area contributed by atoms with Gasteiger partial charge in [-0.05, 0) is 24.6 Å². The van der Waals surface area contributed by atoms with Gasteiger partial charge in [0.1, 0.15) is 0 Å². The van der Waals surface area contributed by atoms with E-state index in [-0.39, 0.29) is 5.84 Å². The first-order chi connectivity index (χ1) is 10.2. The standard InChI is InChI=1S/C13H17ClN6O/c14-12-8-10(13(15)18-21)2-3-11(12)9-16-4-1-6-20-7-5-17-19-20/h2-3,5,7-8,16,21H,1,4,6,9H2,(H2,15,18). The third kappa shape index (κ3) is 4.44. The minimum absolute atomic E-state index is 0.0456. The highest BCUT2D eigenvalue weighted by Crippen LogP contribution is 2.17. The summed E-state index contributed by atoms with van der Waals surface area (Å²) in [5, 5.41) is 23.1. The van der Waals surface area contributed by atoms with Gasteiger partial charge in [0.15, 0.2) is 5.84 Å². The molecule has 1 heterocycles. The lowest BCUT2D eigenvalue weighted by molar-refractivity contribution is 0.318. The van der Waals surface area contributed by atoms with Gasteiger partial charge in [0.25, 0.3) is 0 Å². The topological polar surface area (TPSA) is 101 Å². The molecule has 0 saturated heterocycles. The van der Waals surface area contributed by atoms with Gasteiger partial charge in [-0.2, -0.15) is 0 Å². The molecule has 112 valence electrons. The van der Waals surface area contributed by atoms with E-state index in [1.54, 1.807) is 23.0 Å². The van der Waals surface area contributed by atoms with Crippen molar-refractivity contribution in [2.75, 3.05) is 6.54 Å². The Labute approximate surface area is 127 Å². The number of hydrogen-bond donors (Lipinski definition) is 3. The Kier molecular flexibility index (Phi) is 5.53. The van der Waals surface area contributed by atoms with Crippen molar-refractivity contribution in [3.63, 3.8) is 0 Å². The van der Waals surface area contributed by atoms with Crippen LogP contribution in [0.1, 0.15) is 17.5 Å². The molecule has 0 unspecified atom stereocenters. The number of aromatic nitrogens is 3. The van der Waals surface area contributed by atoms with Crippen LogP contribution in [0.3, 0.4) is 0 Å². The highest BCUT2D eigenvalue weighted by Gasteiger charge is 2.04. The molecule has 1 aromatic carbocycles. The van der Waals surface area contributed by atoms with Crippen LogP contribution in [-0.4, -0.2) is 32.6 Å². The summed E-state index contributed by atoms with van der Waals surface area (Å²) in [5.74, 6) is 0.0456. The van der Waals surface area contributed by atoms with Gasteiger partial charge in [-0.25, -0.2) is 0 Å². The Morgan fingerprint density at radius 3 is 3.00 bits per heavy atom. The molecule has 0 atom stereocenters. The average molecular weight is 309 g/mol. The van der Waals surface area contributed by atoms with Crippen LogP contribution in [0, 0.1) is 0 Å². The lowest BCUT2D eigenvalue weighted by atomic mass is 10.1. The van der Waals surface area contributed by atoms with Crippen molar-refractivity contribution in [2.24, 2.45) is 10.9 Å². The monoisotopic (exact) mass is 308 g/mol. The summed E-state index contributed by atoms with van der Waals surface area (Å²) in [5.41, 5.74) is 7.07. The molecule has 0 saturated carbocycles. The second-order valence-corrected chi connectivity index (χ2v) is 4.90. The summed E-state index contributed by atoms with van der Waals surface area (Å²) in [7, 11) is 0. The number of halogens is 1. The van der Waals surface area contributed by atoms with Crippen LogP contribution in [0.5, 0.6) is 0 Å². The van der Waals surface area contributed by atoms with Crippen LogP contribution in [0.4, 0.5) is 0 Å². The molecular weight excluding hydrogens is 292 g/mol. The van der Waals surface area contributed by atoms with Crippen LogP contribution in [0.15, 0.2) is 35.7 Å². The van der Waals surface area contributed by atoms with Crippen LogP contribution in [0.2, 0.25) is 5.02 Å². The van der Waals surface area contributed by atoms with E-state index >= 15 is 0 Å². The number of nitrogens with one attached hydrogen (secondary N) is 1. The molecule has 2 rings (SSSR count). The lowest BCUT2D eigenvalue weighted by Gasteiger charge is -2.08. The van der Waals surface area contributed by atoms with Crippen LogP contribution in [0.25, 0.3) is 0 Å². The van der Waals surface area contributed by atoms with Crippen molar-refractivity contribution >= 4 is 17.4 Å². The SMILES string of the molecule is N/C(=N/O)c1ccc(CNCCCn2ccnn2)c(Cl)c1. The molecule has 1 aromatic heterocycles. The Balaban J connectivity index is 1.78. The Morgan fingerprint density at radius 2 is 2.33 bits per heavy atom. The molecule has 0 radical (unpaired) electrons. The van der Waals surface area contributed by atoms with Crippen molar-refractivity contribution < 1.29 is 5.21 Å². The van der Waals surface area contributed by atoms with E-state index in [2.05, 4.69) is 20.8 Å².